The van der Waals surface area contributed by atoms with Crippen molar-refractivity contribution in [3.63, 3.8) is 0 Å². The lowest BCUT2D eigenvalue weighted by Gasteiger charge is -2.27. The van der Waals surface area contributed by atoms with Crippen LogP contribution < -0.4 is 16.6 Å². The van der Waals surface area contributed by atoms with Gasteiger partial charge in [0.2, 0.25) is 5.88 Å². The van der Waals surface area contributed by atoms with Crippen molar-refractivity contribution in [3.8, 4) is 5.88 Å². The number of nitrogens with zero attached hydrogens (tertiary/aromatic N) is 2. The third-order valence-electron chi connectivity index (χ3n) is 4.07. The summed E-state index contributed by atoms with van der Waals surface area (Å²) in [6.45, 7) is 0.715. The predicted molar refractivity (Wildman–Crippen MR) is 78.6 cm³/mol. The normalized spacial score (nSPS) is 17.5. The van der Waals surface area contributed by atoms with Crippen molar-refractivity contribution in [2.75, 3.05) is 6.54 Å². The highest BCUT2D eigenvalue weighted by molar-refractivity contribution is 5.41. The third-order valence-corrected chi connectivity index (χ3v) is 4.07. The van der Waals surface area contributed by atoms with Crippen LogP contribution in [0.1, 0.15) is 22.7 Å². The second kappa shape index (κ2) is 4.89. The average Bonchev–Trinajstić information content (AvgIpc) is 2.51. The van der Waals surface area contributed by atoms with Crippen molar-refractivity contribution >= 4 is 0 Å². The zero-order valence-corrected chi connectivity index (χ0v) is 12.0. The molecule has 1 aliphatic rings. The first-order valence-corrected chi connectivity index (χ1v) is 6.82. The summed E-state index contributed by atoms with van der Waals surface area (Å²) >= 11 is 0. The van der Waals surface area contributed by atoms with E-state index in [2.05, 4.69) is 5.32 Å². The van der Waals surface area contributed by atoms with Gasteiger partial charge in [-0.05, 0) is 17.5 Å². The Morgan fingerprint density at radius 1 is 1.19 bits per heavy atom. The van der Waals surface area contributed by atoms with E-state index >= 15 is 0 Å². The van der Waals surface area contributed by atoms with Gasteiger partial charge in [0.15, 0.2) is 0 Å². The van der Waals surface area contributed by atoms with Crippen LogP contribution in [-0.2, 0) is 20.5 Å². The number of benzene rings is 1. The summed E-state index contributed by atoms with van der Waals surface area (Å²) in [7, 11) is 2.87. The van der Waals surface area contributed by atoms with Crippen LogP contribution in [0.2, 0.25) is 0 Å². The van der Waals surface area contributed by atoms with Crippen LogP contribution in [0.4, 0.5) is 0 Å². The van der Waals surface area contributed by atoms with Crippen molar-refractivity contribution in [2.24, 2.45) is 14.1 Å². The van der Waals surface area contributed by atoms with Crippen LogP contribution in [0.15, 0.2) is 33.9 Å². The number of rotatable bonds is 1. The molecule has 1 atom stereocenters. The molecule has 0 aliphatic carbocycles. The molecular weight excluding hydrogens is 270 g/mol. The molecule has 0 amide bonds. The fourth-order valence-electron chi connectivity index (χ4n) is 2.87. The fourth-order valence-corrected chi connectivity index (χ4v) is 2.87. The number of hydrogen-bond acceptors (Lipinski definition) is 4. The maximum atomic E-state index is 12.4. The van der Waals surface area contributed by atoms with Gasteiger partial charge in [0, 0.05) is 20.6 Å². The van der Waals surface area contributed by atoms with Crippen LogP contribution in [-0.4, -0.2) is 20.8 Å². The number of hydrogen-bond donors (Lipinski definition) is 2. The van der Waals surface area contributed by atoms with E-state index in [1.165, 1.54) is 14.1 Å². The summed E-state index contributed by atoms with van der Waals surface area (Å²) < 4.78 is 2.11. The van der Waals surface area contributed by atoms with E-state index in [4.69, 9.17) is 0 Å². The van der Waals surface area contributed by atoms with Crippen molar-refractivity contribution in [1.29, 1.82) is 0 Å². The number of aromatic nitrogens is 2. The van der Waals surface area contributed by atoms with Gasteiger partial charge in [0.25, 0.3) is 5.56 Å². The molecule has 110 valence electrons. The molecule has 6 heteroatoms. The zero-order chi connectivity index (χ0) is 15.1. The minimum Gasteiger partial charge on any atom is -0.494 e. The quantitative estimate of drug-likeness (QED) is 0.775. The van der Waals surface area contributed by atoms with Crippen LogP contribution >= 0.6 is 0 Å². The lowest BCUT2D eigenvalue weighted by Crippen LogP contribution is -2.42. The average molecular weight is 287 g/mol. The summed E-state index contributed by atoms with van der Waals surface area (Å²) in [6, 6.07) is 7.42. The Labute approximate surface area is 121 Å². The topological polar surface area (TPSA) is 76.3 Å². The van der Waals surface area contributed by atoms with Crippen LogP contribution in [0.3, 0.4) is 0 Å². The summed E-state index contributed by atoms with van der Waals surface area (Å²) in [5, 5.41) is 13.5. The smallest absolute Gasteiger partial charge is 0.333 e. The highest BCUT2D eigenvalue weighted by Gasteiger charge is 2.28. The molecule has 2 heterocycles. The maximum absolute atomic E-state index is 12.4. The Hall–Kier alpha value is -2.34. The largest absolute Gasteiger partial charge is 0.494 e. The second-order valence-electron chi connectivity index (χ2n) is 5.28. The molecule has 0 unspecified atom stereocenters. The molecule has 0 saturated carbocycles. The molecule has 1 aromatic heterocycles. The minimum atomic E-state index is -0.537. The molecule has 0 spiro atoms. The van der Waals surface area contributed by atoms with Crippen molar-refractivity contribution in [3.05, 3.63) is 61.8 Å². The van der Waals surface area contributed by atoms with Gasteiger partial charge in [-0.1, -0.05) is 24.3 Å². The predicted octanol–water partition coefficient (Wildman–Crippen LogP) is 0.0247. The van der Waals surface area contributed by atoms with Crippen LogP contribution in [0, 0.1) is 0 Å². The summed E-state index contributed by atoms with van der Waals surface area (Å²) in [5.74, 6) is -0.280. The number of fused-ring (bicyclic) bond motifs is 1. The lowest BCUT2D eigenvalue weighted by molar-refractivity contribution is 0.391. The highest BCUT2D eigenvalue weighted by atomic mass is 16.3. The molecule has 3 rings (SSSR count). The Morgan fingerprint density at radius 3 is 2.67 bits per heavy atom. The van der Waals surface area contributed by atoms with E-state index in [9.17, 15) is 14.7 Å². The Bertz CT molecular complexity index is 820. The summed E-state index contributed by atoms with van der Waals surface area (Å²) in [4.78, 5) is 24.3. The Kier molecular flexibility index (Phi) is 3.17. The summed E-state index contributed by atoms with van der Waals surface area (Å²) in [6.07, 6.45) is 0.875. The molecule has 2 N–H and O–H groups in total. The number of nitrogens with one attached hydrogen (secondary N) is 1. The molecule has 1 aromatic carbocycles. The van der Waals surface area contributed by atoms with Gasteiger partial charge >= 0.3 is 5.69 Å². The molecule has 0 fully saturated rings. The highest BCUT2D eigenvalue weighted by Crippen LogP contribution is 2.30. The van der Waals surface area contributed by atoms with Crippen LogP contribution in [0.25, 0.3) is 0 Å². The molecule has 0 saturated heterocycles. The monoisotopic (exact) mass is 287 g/mol. The minimum absolute atomic E-state index is 0.215. The molecule has 6 nitrogen and oxygen atoms in total. The first-order valence-electron chi connectivity index (χ1n) is 6.82. The number of aromatic hydroxyl groups is 1. The summed E-state index contributed by atoms with van der Waals surface area (Å²) in [5.41, 5.74) is 1.33. The van der Waals surface area contributed by atoms with Crippen molar-refractivity contribution < 1.29 is 5.11 Å². The standard InChI is InChI=1S/C15H17N3O3/c1-17-13(19)11(14(20)18(2)15(17)21)12-10-6-4-3-5-9(10)7-8-16-12/h3-6,12,16,19H,7-8H2,1-2H3/t12-/m0/s1. The van der Waals surface area contributed by atoms with Gasteiger partial charge < -0.3 is 10.4 Å². The van der Waals surface area contributed by atoms with E-state index in [0.29, 0.717) is 6.54 Å². The van der Waals surface area contributed by atoms with E-state index in [1.807, 2.05) is 24.3 Å². The van der Waals surface area contributed by atoms with Crippen molar-refractivity contribution in [2.45, 2.75) is 12.5 Å². The first kappa shape index (κ1) is 13.6. The third kappa shape index (κ3) is 1.99. The van der Waals surface area contributed by atoms with E-state index < -0.39 is 17.3 Å². The zero-order valence-electron chi connectivity index (χ0n) is 12.0. The molecule has 21 heavy (non-hydrogen) atoms. The van der Waals surface area contributed by atoms with E-state index in [-0.39, 0.29) is 11.4 Å². The molecular formula is C15H17N3O3. The molecule has 1 aliphatic heterocycles. The van der Waals surface area contributed by atoms with Gasteiger partial charge in [0.1, 0.15) is 0 Å². The maximum Gasteiger partial charge on any atom is 0.333 e. The van der Waals surface area contributed by atoms with E-state index in [1.54, 1.807) is 0 Å². The van der Waals surface area contributed by atoms with E-state index in [0.717, 1.165) is 26.7 Å². The molecule has 0 radical (unpaired) electrons. The van der Waals surface area contributed by atoms with Gasteiger partial charge in [-0.15, -0.1) is 0 Å². The van der Waals surface area contributed by atoms with Gasteiger partial charge in [-0.3, -0.25) is 13.9 Å². The Balaban J connectivity index is 2.29. The fraction of sp³-hybridized carbons (Fsp3) is 0.333. The van der Waals surface area contributed by atoms with Crippen LogP contribution in [0.5, 0.6) is 5.88 Å². The first-order chi connectivity index (χ1) is 10.0. The SMILES string of the molecule is Cn1c(O)c([C@H]2NCCc3ccccc32)c(=O)n(C)c1=O. The molecule has 0 bridgehead atoms. The Morgan fingerprint density at radius 2 is 1.90 bits per heavy atom. The van der Waals surface area contributed by atoms with Crippen molar-refractivity contribution in [1.82, 2.24) is 14.5 Å². The lowest BCUT2D eigenvalue weighted by atomic mass is 9.90. The molecule has 2 aromatic rings. The van der Waals surface area contributed by atoms with Gasteiger partial charge in [-0.25, -0.2) is 4.79 Å². The second-order valence-corrected chi connectivity index (χ2v) is 5.28. The van der Waals surface area contributed by atoms with Gasteiger partial charge in [0.05, 0.1) is 11.6 Å². The van der Waals surface area contributed by atoms with Gasteiger partial charge in [-0.2, -0.15) is 0 Å².